The number of aromatic nitrogens is 1. The lowest BCUT2D eigenvalue weighted by atomic mass is 9.87. The highest BCUT2D eigenvalue weighted by atomic mass is 16.5. The van der Waals surface area contributed by atoms with E-state index in [0.717, 1.165) is 25.1 Å². The molecule has 2 unspecified atom stereocenters. The van der Waals surface area contributed by atoms with Crippen molar-refractivity contribution in [1.29, 1.82) is 0 Å². The first-order valence-electron chi connectivity index (χ1n) is 15.9. The zero-order valence-corrected chi connectivity index (χ0v) is 25.8. The van der Waals surface area contributed by atoms with E-state index in [1.807, 2.05) is 36.5 Å². The second-order valence-corrected chi connectivity index (χ2v) is 11.6. The predicted octanol–water partition coefficient (Wildman–Crippen LogP) is 7.35. The summed E-state index contributed by atoms with van der Waals surface area (Å²) in [6.07, 6.45) is 4.79. The van der Waals surface area contributed by atoms with Crippen LogP contribution in [-0.4, -0.2) is 37.4 Å². The van der Waals surface area contributed by atoms with Crippen molar-refractivity contribution in [1.82, 2.24) is 10.3 Å². The van der Waals surface area contributed by atoms with Gasteiger partial charge in [0.2, 0.25) is 0 Å². The molecule has 0 bridgehead atoms. The summed E-state index contributed by atoms with van der Waals surface area (Å²) in [5.41, 5.74) is 7.10. The van der Waals surface area contributed by atoms with Crippen LogP contribution in [0.5, 0.6) is 0 Å². The molecule has 0 saturated carbocycles. The molecule has 6 heteroatoms. The molecule has 0 amide bonds. The third-order valence-electron chi connectivity index (χ3n) is 8.34. The van der Waals surface area contributed by atoms with Gasteiger partial charge in [0.1, 0.15) is 0 Å². The average Bonchev–Trinajstić information content (AvgIpc) is 3.10. The van der Waals surface area contributed by atoms with Crippen LogP contribution >= 0.6 is 0 Å². The van der Waals surface area contributed by atoms with Crippen molar-refractivity contribution in [2.75, 3.05) is 26.3 Å². The third kappa shape index (κ3) is 9.07. The van der Waals surface area contributed by atoms with Gasteiger partial charge >= 0.3 is 0 Å². The van der Waals surface area contributed by atoms with Crippen LogP contribution < -0.4 is 5.32 Å². The monoisotopic (exact) mass is 602 g/mol. The predicted molar refractivity (Wildman–Crippen MR) is 178 cm³/mol. The summed E-state index contributed by atoms with van der Waals surface area (Å²) in [6.45, 7) is 5.86. The van der Waals surface area contributed by atoms with Gasteiger partial charge in [-0.15, -0.1) is 0 Å². The van der Waals surface area contributed by atoms with Gasteiger partial charge in [-0.25, -0.2) is 0 Å². The van der Waals surface area contributed by atoms with Crippen LogP contribution in [0.3, 0.4) is 0 Å². The maximum atomic E-state index is 6.59. The zero-order valence-electron chi connectivity index (χ0n) is 25.8. The van der Waals surface area contributed by atoms with E-state index >= 15 is 0 Å². The summed E-state index contributed by atoms with van der Waals surface area (Å²) >= 11 is 0. The molecule has 0 aliphatic carbocycles. The Hall–Kier alpha value is -3.91. The molecule has 232 valence electrons. The van der Waals surface area contributed by atoms with Crippen LogP contribution in [-0.2, 0) is 52.0 Å². The summed E-state index contributed by atoms with van der Waals surface area (Å²) in [7, 11) is 0. The molecule has 1 saturated heterocycles. The molecule has 4 aromatic carbocycles. The standard InChI is InChI=1S/C39H42N2O4/c1-2-6-30(7-3-1)25-42-20-21-43-26-31-11-14-35(15-12-31)37-17-19-41-24-39(37)45-28-32-13-16-34-9-4-10-36(38(34)22-32)29-44-27-33-8-5-18-40-23-33/h1-16,18,22-23,37,39,41H,17,19-21,24-29H2. The minimum atomic E-state index is 0.108. The van der Waals surface area contributed by atoms with E-state index in [1.165, 1.54) is 38.6 Å². The smallest absolute Gasteiger partial charge is 0.0772 e. The van der Waals surface area contributed by atoms with Crippen LogP contribution in [0.2, 0.25) is 0 Å². The van der Waals surface area contributed by atoms with Crippen LogP contribution in [0.25, 0.3) is 10.8 Å². The quantitative estimate of drug-likeness (QED) is 0.127. The number of hydrogen-bond donors (Lipinski definition) is 1. The van der Waals surface area contributed by atoms with Crippen molar-refractivity contribution < 1.29 is 18.9 Å². The summed E-state index contributed by atoms with van der Waals surface area (Å²) in [6, 6.07) is 36.0. The van der Waals surface area contributed by atoms with Crippen LogP contribution in [0.4, 0.5) is 0 Å². The van der Waals surface area contributed by atoms with Gasteiger partial charge in [-0.05, 0) is 69.3 Å². The molecule has 6 rings (SSSR count). The van der Waals surface area contributed by atoms with Crippen molar-refractivity contribution in [3.05, 3.63) is 149 Å². The van der Waals surface area contributed by atoms with E-state index in [9.17, 15) is 0 Å². The Balaban J connectivity index is 0.995. The van der Waals surface area contributed by atoms with Gasteiger partial charge in [0.15, 0.2) is 0 Å². The number of pyridine rings is 1. The lowest BCUT2D eigenvalue weighted by Crippen LogP contribution is -2.40. The molecule has 0 radical (unpaired) electrons. The van der Waals surface area contributed by atoms with Crippen LogP contribution in [0, 0.1) is 0 Å². The molecular weight excluding hydrogens is 560 g/mol. The van der Waals surface area contributed by atoms with Crippen LogP contribution in [0.15, 0.2) is 116 Å². The number of benzene rings is 4. The summed E-state index contributed by atoms with van der Waals surface area (Å²) in [5.74, 6) is 0.351. The van der Waals surface area contributed by atoms with E-state index in [4.69, 9.17) is 18.9 Å². The van der Waals surface area contributed by atoms with Crippen LogP contribution in [0.1, 0.15) is 45.7 Å². The fraction of sp³-hybridized carbons (Fsp3) is 0.308. The second kappa shape index (κ2) is 16.4. The van der Waals surface area contributed by atoms with Gasteiger partial charge in [-0.3, -0.25) is 4.98 Å². The lowest BCUT2D eigenvalue weighted by Gasteiger charge is -2.32. The molecule has 1 aromatic heterocycles. The van der Waals surface area contributed by atoms with Crippen molar-refractivity contribution in [2.45, 2.75) is 51.5 Å². The lowest BCUT2D eigenvalue weighted by molar-refractivity contribution is 0.0106. The summed E-state index contributed by atoms with van der Waals surface area (Å²) < 4.78 is 24.2. The Morgan fingerprint density at radius 1 is 0.644 bits per heavy atom. The number of nitrogens with one attached hydrogen (secondary N) is 1. The Bertz CT molecular complexity index is 1590. The SMILES string of the molecule is c1ccc(COCCOCc2ccc(C3CCNCC3OCc3ccc4cccc(COCc5cccnc5)c4c3)cc2)cc1. The minimum absolute atomic E-state index is 0.108. The van der Waals surface area contributed by atoms with E-state index in [0.29, 0.717) is 52.2 Å². The Labute approximate surface area is 266 Å². The third-order valence-corrected chi connectivity index (χ3v) is 8.34. The Kier molecular flexibility index (Phi) is 11.3. The molecule has 6 nitrogen and oxygen atoms in total. The highest BCUT2D eigenvalue weighted by Gasteiger charge is 2.27. The van der Waals surface area contributed by atoms with Gasteiger partial charge in [-0.2, -0.15) is 0 Å². The fourth-order valence-electron chi connectivity index (χ4n) is 5.89. The summed E-state index contributed by atoms with van der Waals surface area (Å²) in [5, 5.41) is 5.96. The van der Waals surface area contributed by atoms with E-state index < -0.39 is 0 Å². The van der Waals surface area contributed by atoms with E-state index in [2.05, 4.69) is 83.1 Å². The maximum Gasteiger partial charge on any atom is 0.0772 e. The largest absolute Gasteiger partial charge is 0.374 e. The first-order chi connectivity index (χ1) is 22.3. The number of ether oxygens (including phenoxy) is 4. The van der Waals surface area contributed by atoms with Crippen molar-refractivity contribution in [3.63, 3.8) is 0 Å². The fourth-order valence-corrected chi connectivity index (χ4v) is 5.89. The topological polar surface area (TPSA) is 61.8 Å². The molecule has 2 heterocycles. The van der Waals surface area contributed by atoms with E-state index in [1.54, 1.807) is 6.20 Å². The molecule has 1 N–H and O–H groups in total. The highest BCUT2D eigenvalue weighted by molar-refractivity contribution is 5.86. The number of rotatable bonds is 15. The number of fused-ring (bicyclic) bond motifs is 1. The van der Waals surface area contributed by atoms with Gasteiger partial charge in [0, 0.05) is 24.9 Å². The molecular formula is C39H42N2O4. The number of hydrogen-bond acceptors (Lipinski definition) is 6. The van der Waals surface area contributed by atoms with Crippen molar-refractivity contribution in [2.24, 2.45) is 0 Å². The Morgan fingerprint density at radius 3 is 2.20 bits per heavy atom. The maximum absolute atomic E-state index is 6.59. The van der Waals surface area contributed by atoms with Crippen molar-refractivity contribution >= 4 is 10.8 Å². The first kappa shape index (κ1) is 31.1. The molecule has 45 heavy (non-hydrogen) atoms. The van der Waals surface area contributed by atoms with Gasteiger partial charge in [0.25, 0.3) is 0 Å². The second-order valence-electron chi connectivity index (χ2n) is 11.6. The summed E-state index contributed by atoms with van der Waals surface area (Å²) in [4.78, 5) is 4.18. The minimum Gasteiger partial charge on any atom is -0.374 e. The molecule has 5 aromatic rings. The Morgan fingerprint density at radius 2 is 1.40 bits per heavy atom. The molecule has 2 atom stereocenters. The molecule has 1 aliphatic rings. The number of piperidine rings is 1. The normalized spacial score (nSPS) is 16.6. The van der Waals surface area contributed by atoms with Gasteiger partial charge in [0.05, 0.1) is 52.4 Å². The number of nitrogens with zero attached hydrogens (tertiary/aromatic N) is 1. The molecule has 1 aliphatic heterocycles. The molecule has 1 fully saturated rings. The average molecular weight is 603 g/mol. The first-order valence-corrected chi connectivity index (χ1v) is 15.9. The zero-order chi connectivity index (χ0) is 30.5. The van der Waals surface area contributed by atoms with Crippen molar-refractivity contribution in [3.8, 4) is 0 Å². The van der Waals surface area contributed by atoms with Gasteiger partial charge in [-0.1, -0.05) is 91.0 Å². The molecule has 0 spiro atoms. The highest BCUT2D eigenvalue weighted by Crippen LogP contribution is 2.29. The van der Waals surface area contributed by atoms with E-state index in [-0.39, 0.29) is 6.10 Å². The van der Waals surface area contributed by atoms with Gasteiger partial charge < -0.3 is 24.3 Å².